The van der Waals surface area contributed by atoms with E-state index in [0.29, 0.717) is 18.0 Å². The van der Waals surface area contributed by atoms with Crippen LogP contribution in [0.1, 0.15) is 24.8 Å². The van der Waals surface area contributed by atoms with Crippen molar-refractivity contribution in [3.05, 3.63) is 47.0 Å². The number of aryl methyl sites for hydroxylation is 1. The van der Waals surface area contributed by atoms with Crippen LogP contribution in [0.25, 0.3) is 10.2 Å². The molecule has 0 aliphatic heterocycles. The Balaban J connectivity index is 1.64. The number of rotatable bonds is 11. The van der Waals surface area contributed by atoms with Gasteiger partial charge in [0, 0.05) is 22.9 Å². The minimum absolute atomic E-state index is 0.127. The van der Waals surface area contributed by atoms with Crippen LogP contribution in [0.4, 0.5) is 5.13 Å². The molecule has 3 aromatic rings. The van der Waals surface area contributed by atoms with Gasteiger partial charge in [-0.15, -0.1) is 11.8 Å². The van der Waals surface area contributed by atoms with Crippen molar-refractivity contribution in [3.63, 3.8) is 0 Å². The lowest BCUT2D eigenvalue weighted by molar-refractivity contribution is -0.118. The van der Waals surface area contributed by atoms with Crippen molar-refractivity contribution < 1.29 is 9.53 Å². The summed E-state index contributed by atoms with van der Waals surface area (Å²) in [6.45, 7) is 3.59. The summed E-state index contributed by atoms with van der Waals surface area (Å²) in [5.74, 6) is 1.87. The minimum atomic E-state index is 0.127. The number of aromatic nitrogens is 1. The number of hydrogen-bond donors (Lipinski definition) is 0. The monoisotopic (exact) mass is 491 g/mol. The van der Waals surface area contributed by atoms with Crippen LogP contribution in [0.2, 0.25) is 5.02 Å². The lowest BCUT2D eigenvalue weighted by Crippen LogP contribution is -2.33. The van der Waals surface area contributed by atoms with Gasteiger partial charge in [0.15, 0.2) is 5.13 Å². The van der Waals surface area contributed by atoms with E-state index in [2.05, 4.69) is 4.90 Å². The summed E-state index contributed by atoms with van der Waals surface area (Å²) < 4.78 is 6.22. The summed E-state index contributed by atoms with van der Waals surface area (Å²) in [7, 11) is 5.76. The van der Waals surface area contributed by atoms with E-state index in [-0.39, 0.29) is 5.91 Å². The molecule has 0 radical (unpaired) electrons. The number of hydrogen-bond acceptors (Lipinski definition) is 6. The fourth-order valence-electron chi connectivity index (χ4n) is 3.35. The van der Waals surface area contributed by atoms with Crippen molar-refractivity contribution in [2.45, 2.75) is 31.1 Å². The lowest BCUT2D eigenvalue weighted by atomic mass is 10.2. The average molecular weight is 492 g/mol. The molecule has 32 heavy (non-hydrogen) atoms. The molecule has 172 valence electrons. The number of carbonyl (C=O) groups is 1. The number of thioether (sulfide) groups is 1. The third kappa shape index (κ3) is 6.85. The van der Waals surface area contributed by atoms with Crippen LogP contribution < -0.4 is 9.64 Å². The van der Waals surface area contributed by atoms with E-state index in [9.17, 15) is 4.79 Å². The van der Waals surface area contributed by atoms with Gasteiger partial charge in [-0.05, 0) is 88.1 Å². The van der Waals surface area contributed by atoms with Crippen LogP contribution in [0.5, 0.6) is 5.75 Å². The number of ether oxygens (including phenoxy) is 1. The summed E-state index contributed by atoms with van der Waals surface area (Å²) in [6, 6.07) is 11.9. The molecule has 0 aliphatic carbocycles. The molecule has 0 saturated heterocycles. The van der Waals surface area contributed by atoms with Crippen molar-refractivity contribution in [2.24, 2.45) is 0 Å². The highest BCUT2D eigenvalue weighted by Gasteiger charge is 2.20. The van der Waals surface area contributed by atoms with E-state index < -0.39 is 0 Å². The van der Waals surface area contributed by atoms with Crippen molar-refractivity contribution >= 4 is 56.0 Å². The Morgan fingerprint density at radius 3 is 2.59 bits per heavy atom. The summed E-state index contributed by atoms with van der Waals surface area (Å²) >= 11 is 9.53. The minimum Gasteiger partial charge on any atom is -0.497 e. The third-order valence-corrected chi connectivity index (χ3v) is 7.36. The summed E-state index contributed by atoms with van der Waals surface area (Å²) in [5, 5.41) is 1.46. The average Bonchev–Trinajstić information content (AvgIpc) is 3.18. The Kier molecular flexibility index (Phi) is 9.22. The van der Waals surface area contributed by atoms with Gasteiger partial charge in [-0.1, -0.05) is 22.9 Å². The molecule has 3 rings (SSSR count). The lowest BCUT2D eigenvalue weighted by Gasteiger charge is -2.21. The number of thiazole rings is 1. The molecular formula is C24H30ClN3O2S2. The molecule has 0 fully saturated rings. The second-order valence-electron chi connectivity index (χ2n) is 7.90. The topological polar surface area (TPSA) is 45.7 Å². The van der Waals surface area contributed by atoms with Gasteiger partial charge in [0.25, 0.3) is 0 Å². The number of methoxy groups -OCH3 is 1. The number of benzene rings is 2. The summed E-state index contributed by atoms with van der Waals surface area (Å²) in [6.07, 6.45) is 2.21. The molecule has 0 bridgehead atoms. The molecule has 1 amide bonds. The van der Waals surface area contributed by atoms with Crippen molar-refractivity contribution in [2.75, 3.05) is 44.9 Å². The SMILES string of the molecule is COc1ccc(SCCCC(=O)N(CCCN(C)C)c2nc3c(C)cc(Cl)cc3s2)cc1. The van der Waals surface area contributed by atoms with Crippen LogP contribution in [0.3, 0.4) is 0 Å². The number of nitrogens with zero attached hydrogens (tertiary/aromatic N) is 3. The normalized spacial score (nSPS) is 11.3. The first kappa shape index (κ1) is 24.8. The zero-order valence-corrected chi connectivity index (χ0v) is 21.4. The van der Waals surface area contributed by atoms with Gasteiger partial charge in [-0.3, -0.25) is 9.69 Å². The van der Waals surface area contributed by atoms with Gasteiger partial charge in [-0.2, -0.15) is 0 Å². The first-order valence-electron chi connectivity index (χ1n) is 10.7. The molecule has 2 aromatic carbocycles. The smallest absolute Gasteiger partial charge is 0.228 e. The predicted molar refractivity (Wildman–Crippen MR) is 138 cm³/mol. The van der Waals surface area contributed by atoms with Gasteiger partial charge in [0.2, 0.25) is 5.91 Å². The van der Waals surface area contributed by atoms with Gasteiger partial charge in [-0.25, -0.2) is 4.98 Å². The van der Waals surface area contributed by atoms with E-state index in [0.717, 1.165) is 51.8 Å². The molecule has 0 N–H and O–H groups in total. The van der Waals surface area contributed by atoms with Crippen LogP contribution in [-0.4, -0.2) is 55.8 Å². The van der Waals surface area contributed by atoms with Crippen LogP contribution in [0, 0.1) is 6.92 Å². The third-order valence-electron chi connectivity index (χ3n) is 5.02. The molecule has 8 heteroatoms. The zero-order chi connectivity index (χ0) is 23.1. The van der Waals surface area contributed by atoms with Crippen LogP contribution in [-0.2, 0) is 4.79 Å². The molecular weight excluding hydrogens is 462 g/mol. The Labute approximate surface area is 203 Å². The van der Waals surface area contributed by atoms with Crippen LogP contribution in [0.15, 0.2) is 41.3 Å². The summed E-state index contributed by atoms with van der Waals surface area (Å²) in [5.41, 5.74) is 1.96. The highest BCUT2D eigenvalue weighted by molar-refractivity contribution is 7.99. The Hall–Kier alpha value is -1.80. The maximum Gasteiger partial charge on any atom is 0.228 e. The standard InChI is InChI=1S/C24H30ClN3O2S2/c1-17-15-18(25)16-21-23(17)26-24(32-21)28(13-6-12-27(2)3)22(29)7-5-14-31-20-10-8-19(30-4)9-11-20/h8-11,15-16H,5-7,12-14H2,1-4H3. The van der Waals surface area contributed by atoms with Gasteiger partial charge >= 0.3 is 0 Å². The number of halogens is 1. The molecule has 0 saturated carbocycles. The van der Waals surface area contributed by atoms with Crippen molar-refractivity contribution in [1.82, 2.24) is 9.88 Å². The molecule has 0 atom stereocenters. The van der Waals surface area contributed by atoms with E-state index in [4.69, 9.17) is 21.3 Å². The highest BCUT2D eigenvalue weighted by atomic mass is 35.5. The number of fused-ring (bicyclic) bond motifs is 1. The number of amides is 1. The van der Waals surface area contributed by atoms with Gasteiger partial charge < -0.3 is 9.64 Å². The molecule has 0 aliphatic rings. The fraction of sp³-hybridized carbons (Fsp3) is 0.417. The number of anilines is 1. The quantitative estimate of drug-likeness (QED) is 0.238. The number of carbonyl (C=O) groups excluding carboxylic acids is 1. The highest BCUT2D eigenvalue weighted by Crippen LogP contribution is 2.33. The summed E-state index contributed by atoms with van der Waals surface area (Å²) in [4.78, 5) is 23.1. The van der Waals surface area contributed by atoms with Crippen LogP contribution >= 0.6 is 34.7 Å². The van der Waals surface area contributed by atoms with E-state index in [1.807, 2.05) is 62.3 Å². The Morgan fingerprint density at radius 1 is 1.16 bits per heavy atom. The largest absolute Gasteiger partial charge is 0.497 e. The molecule has 0 spiro atoms. The zero-order valence-electron chi connectivity index (χ0n) is 19.1. The molecule has 0 unspecified atom stereocenters. The van der Waals surface area contributed by atoms with Gasteiger partial charge in [0.05, 0.1) is 17.3 Å². The van der Waals surface area contributed by atoms with Crippen molar-refractivity contribution in [3.8, 4) is 5.75 Å². The maximum absolute atomic E-state index is 13.2. The second kappa shape index (κ2) is 11.9. The second-order valence-corrected chi connectivity index (χ2v) is 10.5. The molecule has 1 aromatic heterocycles. The molecule has 1 heterocycles. The first-order chi connectivity index (χ1) is 15.4. The van der Waals surface area contributed by atoms with E-state index in [1.54, 1.807) is 18.9 Å². The fourth-order valence-corrected chi connectivity index (χ4v) is 5.67. The molecule has 5 nitrogen and oxygen atoms in total. The van der Waals surface area contributed by atoms with E-state index in [1.165, 1.54) is 16.2 Å². The van der Waals surface area contributed by atoms with Crippen molar-refractivity contribution in [1.29, 1.82) is 0 Å². The predicted octanol–water partition coefficient (Wildman–Crippen LogP) is 6.12. The van der Waals surface area contributed by atoms with E-state index >= 15 is 0 Å². The first-order valence-corrected chi connectivity index (χ1v) is 12.8. The Morgan fingerprint density at radius 2 is 1.91 bits per heavy atom. The maximum atomic E-state index is 13.2. The van der Waals surface area contributed by atoms with Gasteiger partial charge in [0.1, 0.15) is 5.75 Å². The Bertz CT molecular complexity index is 1040.